The van der Waals surface area contributed by atoms with Crippen molar-refractivity contribution in [3.63, 3.8) is 0 Å². The number of esters is 1. The predicted molar refractivity (Wildman–Crippen MR) is 41.7 cm³/mol. The summed E-state index contributed by atoms with van der Waals surface area (Å²) < 4.78 is 4.42. The first-order valence-electron chi connectivity index (χ1n) is 2.63. The second kappa shape index (κ2) is 8.46. The highest BCUT2D eigenvalue weighted by Crippen LogP contribution is 1.81. The quantitative estimate of drug-likeness (QED) is 0.286. The van der Waals surface area contributed by atoms with Crippen molar-refractivity contribution in [2.45, 2.75) is 13.2 Å². The van der Waals surface area contributed by atoms with Crippen LogP contribution in [0.1, 0.15) is 6.92 Å². The van der Waals surface area contributed by atoms with Gasteiger partial charge in [-0.1, -0.05) is 6.58 Å². The van der Waals surface area contributed by atoms with E-state index in [4.69, 9.17) is 5.73 Å². The smallest absolute Gasteiger partial charge is 0.331 e. The van der Waals surface area contributed by atoms with Crippen molar-refractivity contribution < 1.29 is 9.53 Å². The van der Waals surface area contributed by atoms with Gasteiger partial charge < -0.3 is 4.74 Å². The average molecular weight is 166 g/mol. The van der Waals surface area contributed by atoms with E-state index in [-0.39, 0.29) is 0 Å². The van der Waals surface area contributed by atoms with Crippen molar-refractivity contribution in [1.29, 1.82) is 0 Å². The maximum atomic E-state index is 10.2. The molecule has 0 aliphatic rings. The lowest BCUT2D eigenvalue weighted by Crippen LogP contribution is -2.21. The number of ether oxygens (including phenoxy) is 1. The van der Waals surface area contributed by atoms with E-state index in [1.54, 1.807) is 6.92 Å². The standard InChI is InChI=1S/C5H9NO2.CH3Cl/c1-3-5(7)8-4(2)6;1-2/h3-4H,1,6H2,2H3;1H3. The zero-order chi connectivity index (χ0) is 8.57. The zero-order valence-electron chi connectivity index (χ0n) is 6.13. The van der Waals surface area contributed by atoms with E-state index >= 15 is 0 Å². The molecule has 4 heteroatoms. The number of carbonyl (C=O) groups excluding carboxylic acids is 1. The Balaban J connectivity index is 0. The van der Waals surface area contributed by atoms with Crippen LogP contribution in [0, 0.1) is 0 Å². The van der Waals surface area contributed by atoms with Gasteiger partial charge in [-0.3, -0.25) is 5.73 Å². The normalized spacial score (nSPS) is 10.4. The minimum absolute atomic E-state index is 0.486. The molecule has 0 rings (SSSR count). The molecule has 0 radical (unpaired) electrons. The van der Waals surface area contributed by atoms with Crippen molar-refractivity contribution in [3.8, 4) is 0 Å². The van der Waals surface area contributed by atoms with E-state index in [2.05, 4.69) is 22.9 Å². The van der Waals surface area contributed by atoms with Gasteiger partial charge in [-0.05, 0) is 6.92 Å². The minimum Gasteiger partial charge on any atom is -0.444 e. The molecule has 0 aliphatic heterocycles. The fourth-order valence-electron chi connectivity index (χ4n) is 0.231. The predicted octanol–water partition coefficient (Wildman–Crippen LogP) is 0.875. The second-order valence-corrected chi connectivity index (χ2v) is 1.35. The van der Waals surface area contributed by atoms with E-state index in [9.17, 15) is 4.79 Å². The zero-order valence-corrected chi connectivity index (χ0v) is 6.89. The van der Waals surface area contributed by atoms with E-state index in [1.807, 2.05) is 0 Å². The van der Waals surface area contributed by atoms with Gasteiger partial charge in [-0.15, -0.1) is 11.6 Å². The molecule has 1 unspecified atom stereocenters. The largest absolute Gasteiger partial charge is 0.444 e. The highest BCUT2D eigenvalue weighted by molar-refractivity contribution is 6.15. The van der Waals surface area contributed by atoms with E-state index in [1.165, 1.54) is 6.38 Å². The van der Waals surface area contributed by atoms with Gasteiger partial charge in [0.15, 0.2) is 0 Å². The second-order valence-electron chi connectivity index (χ2n) is 1.35. The Labute approximate surface area is 65.8 Å². The minimum atomic E-state index is -0.541. The third-order valence-electron chi connectivity index (χ3n) is 0.469. The average Bonchev–Trinajstić information content (AvgIpc) is 1.91. The maximum Gasteiger partial charge on any atom is 0.331 e. The molecular weight excluding hydrogens is 154 g/mol. The summed E-state index contributed by atoms with van der Waals surface area (Å²) in [6, 6.07) is 0. The molecule has 0 saturated heterocycles. The summed E-state index contributed by atoms with van der Waals surface area (Å²) in [6.07, 6.45) is 2.00. The summed E-state index contributed by atoms with van der Waals surface area (Å²) in [5.41, 5.74) is 5.08. The number of rotatable bonds is 2. The van der Waals surface area contributed by atoms with Crippen molar-refractivity contribution in [3.05, 3.63) is 12.7 Å². The molecule has 0 bridgehead atoms. The van der Waals surface area contributed by atoms with Crippen LogP contribution in [0.3, 0.4) is 0 Å². The van der Waals surface area contributed by atoms with Crippen LogP contribution in [0.15, 0.2) is 12.7 Å². The molecule has 0 saturated carbocycles. The van der Waals surface area contributed by atoms with Gasteiger partial charge in [0.1, 0.15) is 6.23 Å². The van der Waals surface area contributed by atoms with Gasteiger partial charge in [0.25, 0.3) is 0 Å². The Morgan fingerprint density at radius 1 is 1.80 bits per heavy atom. The number of halogens is 1. The monoisotopic (exact) mass is 165 g/mol. The van der Waals surface area contributed by atoms with Gasteiger partial charge in [-0.2, -0.15) is 0 Å². The SMILES string of the molecule is C=CC(=O)OC(C)N.CCl. The summed E-state index contributed by atoms with van der Waals surface area (Å²) in [5, 5.41) is 0. The van der Waals surface area contributed by atoms with E-state index in [0.29, 0.717) is 0 Å². The van der Waals surface area contributed by atoms with Crippen molar-refractivity contribution in [2.75, 3.05) is 6.38 Å². The molecule has 0 aromatic heterocycles. The molecule has 0 aromatic carbocycles. The van der Waals surface area contributed by atoms with Crippen LogP contribution in [0.4, 0.5) is 0 Å². The third kappa shape index (κ3) is 10.4. The number of carbonyl (C=O) groups is 1. The maximum absolute atomic E-state index is 10.2. The fraction of sp³-hybridized carbons (Fsp3) is 0.500. The number of alkyl halides is 1. The first-order chi connectivity index (χ1) is 4.66. The number of hydrogen-bond acceptors (Lipinski definition) is 3. The summed E-state index contributed by atoms with van der Waals surface area (Å²) in [6.45, 7) is 4.75. The van der Waals surface area contributed by atoms with Crippen molar-refractivity contribution >= 4 is 17.6 Å². The molecular formula is C6H12ClNO2. The van der Waals surface area contributed by atoms with Gasteiger partial charge in [0.05, 0.1) is 0 Å². The lowest BCUT2D eigenvalue weighted by molar-refractivity contribution is -0.141. The Kier molecular flexibility index (Phi) is 10.3. The molecule has 2 N–H and O–H groups in total. The highest BCUT2D eigenvalue weighted by atomic mass is 35.5. The van der Waals surface area contributed by atoms with Crippen LogP contribution in [-0.2, 0) is 9.53 Å². The van der Waals surface area contributed by atoms with Crippen molar-refractivity contribution in [2.24, 2.45) is 5.73 Å². The molecule has 0 spiro atoms. The van der Waals surface area contributed by atoms with Crippen LogP contribution in [0.5, 0.6) is 0 Å². The van der Waals surface area contributed by atoms with Gasteiger partial charge in [0.2, 0.25) is 0 Å². The Bertz CT molecular complexity index is 104. The fourth-order valence-corrected chi connectivity index (χ4v) is 0.231. The lowest BCUT2D eigenvalue weighted by Gasteiger charge is -2.02. The molecule has 1 atom stereocenters. The molecule has 10 heavy (non-hydrogen) atoms. The molecule has 0 heterocycles. The Morgan fingerprint density at radius 3 is 2.30 bits per heavy atom. The Morgan fingerprint density at radius 2 is 2.20 bits per heavy atom. The van der Waals surface area contributed by atoms with Gasteiger partial charge >= 0.3 is 5.97 Å². The number of hydrogen-bond donors (Lipinski definition) is 1. The molecule has 0 fully saturated rings. The van der Waals surface area contributed by atoms with E-state index in [0.717, 1.165) is 6.08 Å². The summed E-state index contributed by atoms with van der Waals surface area (Å²) >= 11 is 4.64. The van der Waals surface area contributed by atoms with Crippen LogP contribution in [-0.4, -0.2) is 18.6 Å². The van der Waals surface area contributed by atoms with Crippen molar-refractivity contribution in [1.82, 2.24) is 0 Å². The van der Waals surface area contributed by atoms with Crippen LogP contribution >= 0.6 is 11.6 Å². The first-order valence-corrected chi connectivity index (χ1v) is 3.39. The topological polar surface area (TPSA) is 52.3 Å². The number of nitrogens with two attached hydrogens (primary N) is 1. The van der Waals surface area contributed by atoms with Crippen LogP contribution in [0.25, 0.3) is 0 Å². The molecule has 0 aliphatic carbocycles. The first kappa shape index (κ1) is 12.2. The summed E-state index contributed by atoms with van der Waals surface area (Å²) in [4.78, 5) is 10.2. The van der Waals surface area contributed by atoms with Gasteiger partial charge in [-0.25, -0.2) is 4.79 Å². The molecule has 3 nitrogen and oxygen atoms in total. The molecule has 0 aromatic rings. The molecule has 0 amide bonds. The van der Waals surface area contributed by atoms with Crippen LogP contribution in [0.2, 0.25) is 0 Å². The molecule has 60 valence electrons. The summed E-state index contributed by atoms with van der Waals surface area (Å²) in [5.74, 6) is -0.486. The lowest BCUT2D eigenvalue weighted by atomic mass is 10.6. The van der Waals surface area contributed by atoms with Crippen LogP contribution < -0.4 is 5.73 Å². The Hall–Kier alpha value is -0.540. The van der Waals surface area contributed by atoms with E-state index < -0.39 is 12.2 Å². The third-order valence-corrected chi connectivity index (χ3v) is 0.469. The van der Waals surface area contributed by atoms with Gasteiger partial charge in [0, 0.05) is 12.5 Å². The highest BCUT2D eigenvalue weighted by Gasteiger charge is 1.96. The summed E-state index contributed by atoms with van der Waals surface area (Å²) in [7, 11) is 0.